The Labute approximate surface area is 213 Å². The average molecular weight is 528 g/mol. The lowest BCUT2D eigenvalue weighted by Gasteiger charge is -2.41. The number of aromatic nitrogens is 3. The third-order valence-electron chi connectivity index (χ3n) is 6.29. The topological polar surface area (TPSA) is 137 Å². The van der Waals surface area contributed by atoms with Crippen molar-refractivity contribution in [2.24, 2.45) is 0 Å². The maximum absolute atomic E-state index is 13.3. The van der Waals surface area contributed by atoms with Crippen molar-refractivity contribution in [1.82, 2.24) is 29.5 Å². The molecule has 0 bridgehead atoms. The van der Waals surface area contributed by atoms with Crippen LogP contribution >= 0.6 is 11.6 Å². The minimum atomic E-state index is -3.42. The number of rotatable bonds is 7. The van der Waals surface area contributed by atoms with Crippen LogP contribution in [0.4, 0.5) is 5.82 Å². The van der Waals surface area contributed by atoms with Crippen molar-refractivity contribution in [2.75, 3.05) is 31.6 Å². The molecule has 12 heteroatoms. The summed E-state index contributed by atoms with van der Waals surface area (Å²) in [5.74, 6) is 0.314. The summed E-state index contributed by atoms with van der Waals surface area (Å²) in [4.78, 5) is 28.7. The zero-order valence-electron chi connectivity index (χ0n) is 19.6. The van der Waals surface area contributed by atoms with Crippen LogP contribution in [0.5, 0.6) is 0 Å². The number of amides is 1. The summed E-state index contributed by atoms with van der Waals surface area (Å²) in [5.41, 5.74) is 9.42. The van der Waals surface area contributed by atoms with Crippen molar-refractivity contribution >= 4 is 55.2 Å². The molecular formula is C24H26ClN7O3S. The van der Waals surface area contributed by atoms with Gasteiger partial charge in [0.15, 0.2) is 0 Å². The van der Waals surface area contributed by atoms with Crippen molar-refractivity contribution in [3.05, 3.63) is 65.1 Å². The Morgan fingerprint density at radius 1 is 1.17 bits per heavy atom. The Balaban J connectivity index is 1.37. The maximum atomic E-state index is 13.3. The first kappa shape index (κ1) is 24.4. The van der Waals surface area contributed by atoms with Gasteiger partial charge in [-0.05, 0) is 42.0 Å². The number of nitrogen functional groups attached to an aromatic ring is 1. The van der Waals surface area contributed by atoms with Crippen molar-refractivity contribution in [3.63, 3.8) is 0 Å². The number of H-pyrrole nitrogens is 1. The summed E-state index contributed by atoms with van der Waals surface area (Å²) < 4.78 is 26.2. The van der Waals surface area contributed by atoms with Crippen LogP contribution in [0, 0.1) is 0 Å². The molecule has 1 atom stereocenters. The van der Waals surface area contributed by atoms with Crippen LogP contribution in [-0.2, 0) is 27.9 Å². The van der Waals surface area contributed by atoms with Gasteiger partial charge < -0.3 is 15.6 Å². The summed E-state index contributed by atoms with van der Waals surface area (Å²) in [6, 6.07) is 12.9. The molecule has 0 spiro atoms. The third-order valence-corrected chi connectivity index (χ3v) is 7.21. The number of carbonyl (C=O) groups excluding carboxylic acids is 1. The Kier molecular flexibility index (Phi) is 6.56. The molecule has 4 N–H and O–H groups in total. The zero-order chi connectivity index (χ0) is 25.4. The molecule has 1 amide bonds. The monoisotopic (exact) mass is 527 g/mol. The third kappa shape index (κ3) is 5.44. The van der Waals surface area contributed by atoms with E-state index in [1.165, 1.54) is 6.33 Å². The minimum Gasteiger partial charge on any atom is -0.383 e. The number of carbonyl (C=O) groups is 1. The van der Waals surface area contributed by atoms with Crippen molar-refractivity contribution < 1.29 is 13.2 Å². The second-order valence-electron chi connectivity index (χ2n) is 9.10. The second kappa shape index (κ2) is 9.66. The maximum Gasteiger partial charge on any atom is 0.237 e. The number of aromatic amines is 1. The SMILES string of the molecule is CS(=O)(=O)NC[C@@H]1CN(Cc2cc3cc(Cl)ccc3[nH]2)CC(=O)N1Cc1ccc2c(N)ncnc2c1. The summed E-state index contributed by atoms with van der Waals surface area (Å²) >= 11 is 6.11. The van der Waals surface area contributed by atoms with E-state index in [9.17, 15) is 13.2 Å². The van der Waals surface area contributed by atoms with Crippen LogP contribution in [0.2, 0.25) is 5.02 Å². The van der Waals surface area contributed by atoms with Gasteiger partial charge in [-0.25, -0.2) is 23.1 Å². The van der Waals surface area contributed by atoms with E-state index in [0.717, 1.165) is 33.8 Å². The Bertz CT molecular complexity index is 1560. The lowest BCUT2D eigenvalue weighted by atomic mass is 10.1. The fraction of sp³-hybridized carbons (Fsp3) is 0.292. The summed E-state index contributed by atoms with van der Waals surface area (Å²) in [5, 5.41) is 2.40. The molecule has 0 aliphatic carbocycles. The second-order valence-corrected chi connectivity index (χ2v) is 11.4. The Morgan fingerprint density at radius 2 is 2.00 bits per heavy atom. The van der Waals surface area contributed by atoms with Gasteiger partial charge >= 0.3 is 0 Å². The van der Waals surface area contributed by atoms with Crippen LogP contribution < -0.4 is 10.5 Å². The van der Waals surface area contributed by atoms with Gasteiger partial charge in [0.05, 0.1) is 24.4 Å². The van der Waals surface area contributed by atoms with Gasteiger partial charge in [0.1, 0.15) is 12.1 Å². The summed E-state index contributed by atoms with van der Waals surface area (Å²) in [6.07, 6.45) is 2.52. The summed E-state index contributed by atoms with van der Waals surface area (Å²) in [7, 11) is -3.42. The molecule has 0 radical (unpaired) electrons. The highest BCUT2D eigenvalue weighted by Crippen LogP contribution is 2.24. The van der Waals surface area contributed by atoms with E-state index in [4.69, 9.17) is 17.3 Å². The van der Waals surface area contributed by atoms with Crippen LogP contribution in [0.25, 0.3) is 21.8 Å². The molecule has 1 aliphatic rings. The van der Waals surface area contributed by atoms with Gasteiger partial charge in [0.2, 0.25) is 15.9 Å². The van der Waals surface area contributed by atoms with E-state index >= 15 is 0 Å². The molecule has 1 aliphatic heterocycles. The number of benzene rings is 2. The summed E-state index contributed by atoms with van der Waals surface area (Å²) in [6.45, 7) is 1.69. The van der Waals surface area contributed by atoms with E-state index in [2.05, 4.69) is 19.7 Å². The number of nitrogens with one attached hydrogen (secondary N) is 2. The number of nitrogens with two attached hydrogens (primary N) is 1. The molecule has 2 aromatic heterocycles. The number of sulfonamides is 1. The number of hydrogen-bond donors (Lipinski definition) is 3. The normalized spacial score (nSPS) is 17.3. The van der Waals surface area contributed by atoms with Crippen molar-refractivity contribution in [1.29, 1.82) is 0 Å². The first-order chi connectivity index (χ1) is 17.1. The quantitative estimate of drug-likeness (QED) is 0.334. The molecule has 2 aromatic carbocycles. The molecular weight excluding hydrogens is 502 g/mol. The van der Waals surface area contributed by atoms with Gasteiger partial charge in [-0.2, -0.15) is 0 Å². The molecule has 4 aromatic rings. The molecule has 36 heavy (non-hydrogen) atoms. The van der Waals surface area contributed by atoms with Crippen LogP contribution in [0.15, 0.2) is 48.8 Å². The van der Waals surface area contributed by atoms with Crippen LogP contribution in [0.3, 0.4) is 0 Å². The first-order valence-corrected chi connectivity index (χ1v) is 13.6. The van der Waals surface area contributed by atoms with E-state index < -0.39 is 10.0 Å². The highest BCUT2D eigenvalue weighted by atomic mass is 35.5. The Hall–Kier alpha value is -3.25. The first-order valence-electron chi connectivity index (χ1n) is 11.4. The Morgan fingerprint density at radius 3 is 2.81 bits per heavy atom. The predicted molar refractivity (Wildman–Crippen MR) is 140 cm³/mol. The van der Waals surface area contributed by atoms with E-state index in [1.807, 2.05) is 47.4 Å². The van der Waals surface area contributed by atoms with E-state index in [1.54, 1.807) is 4.90 Å². The number of piperazine rings is 1. The number of hydrogen-bond acceptors (Lipinski definition) is 7. The molecule has 1 fully saturated rings. The number of anilines is 1. The van der Waals surface area contributed by atoms with Gasteiger partial charge in [-0.1, -0.05) is 17.7 Å². The molecule has 0 saturated carbocycles. The molecule has 5 rings (SSSR count). The molecule has 1 saturated heterocycles. The highest BCUT2D eigenvalue weighted by Gasteiger charge is 2.33. The molecule has 10 nitrogen and oxygen atoms in total. The predicted octanol–water partition coefficient (Wildman–Crippen LogP) is 2.11. The van der Waals surface area contributed by atoms with Gasteiger partial charge in [-0.15, -0.1) is 0 Å². The standard InChI is InChI=1S/C24H26ClN7O3S/c1-36(34,35)29-9-19-12-31(11-18-8-16-7-17(25)3-5-21(16)30-18)13-23(33)32(19)10-15-2-4-20-22(6-15)27-14-28-24(20)26/h2-8,14,19,29-30H,9-13H2,1H3,(H2,26,27,28)/t19-/m1/s1. The lowest BCUT2D eigenvalue weighted by molar-refractivity contribution is -0.140. The number of nitrogens with zero attached hydrogens (tertiary/aromatic N) is 4. The van der Waals surface area contributed by atoms with Crippen molar-refractivity contribution in [2.45, 2.75) is 19.1 Å². The van der Waals surface area contributed by atoms with Crippen LogP contribution in [-0.4, -0.2) is 71.0 Å². The van der Waals surface area contributed by atoms with Gasteiger partial charge in [0.25, 0.3) is 0 Å². The number of fused-ring (bicyclic) bond motifs is 2. The average Bonchev–Trinajstić information content (AvgIpc) is 3.20. The van der Waals surface area contributed by atoms with Gasteiger partial charge in [0, 0.05) is 53.2 Å². The number of halogens is 1. The lowest BCUT2D eigenvalue weighted by Crippen LogP contribution is -2.59. The fourth-order valence-corrected chi connectivity index (χ4v) is 5.29. The minimum absolute atomic E-state index is 0.0806. The zero-order valence-corrected chi connectivity index (χ0v) is 21.2. The van der Waals surface area contributed by atoms with E-state index in [0.29, 0.717) is 36.0 Å². The highest BCUT2D eigenvalue weighted by molar-refractivity contribution is 7.88. The van der Waals surface area contributed by atoms with Gasteiger partial charge in [-0.3, -0.25) is 9.69 Å². The van der Waals surface area contributed by atoms with Crippen molar-refractivity contribution in [3.8, 4) is 0 Å². The van der Waals surface area contributed by atoms with Crippen LogP contribution in [0.1, 0.15) is 11.3 Å². The van der Waals surface area contributed by atoms with E-state index in [-0.39, 0.29) is 25.0 Å². The fourth-order valence-electron chi connectivity index (χ4n) is 4.62. The smallest absolute Gasteiger partial charge is 0.237 e. The molecule has 188 valence electrons. The molecule has 0 unspecified atom stereocenters. The molecule has 3 heterocycles. The largest absolute Gasteiger partial charge is 0.383 e.